The normalized spacial score (nSPS) is 11.3. The van der Waals surface area contributed by atoms with Crippen LogP contribution >= 0.6 is 0 Å². The summed E-state index contributed by atoms with van der Waals surface area (Å²) in [7, 11) is 1.58. The van der Waals surface area contributed by atoms with Crippen LogP contribution in [0.4, 0.5) is 0 Å². The predicted octanol–water partition coefficient (Wildman–Crippen LogP) is 0.580. The third-order valence-corrected chi connectivity index (χ3v) is 2.32. The van der Waals surface area contributed by atoms with Gasteiger partial charge in [0.05, 0.1) is 24.3 Å². The van der Waals surface area contributed by atoms with Crippen LogP contribution in [0.1, 0.15) is 29.3 Å². The Morgan fingerprint density at radius 3 is 3.11 bits per heavy atom. The first-order valence-corrected chi connectivity index (χ1v) is 6.02. The average Bonchev–Trinajstić information content (AvgIpc) is 2.39. The van der Waals surface area contributed by atoms with Crippen molar-refractivity contribution < 1.29 is 14.6 Å². The third kappa shape index (κ3) is 5.08. The summed E-state index contributed by atoms with van der Waals surface area (Å²) in [6.45, 7) is 2.31. The first-order valence-electron chi connectivity index (χ1n) is 6.02. The molecule has 5 heteroatoms. The number of hydrogen-bond acceptors (Lipinski definition) is 4. The zero-order chi connectivity index (χ0) is 14.1. The maximum Gasteiger partial charge on any atom is 0.252 e. The van der Waals surface area contributed by atoms with Gasteiger partial charge in [0.15, 0.2) is 0 Å². The lowest BCUT2D eigenvalue weighted by atomic mass is 10.1. The summed E-state index contributed by atoms with van der Waals surface area (Å²) in [5.74, 6) is 5.41. The quantitative estimate of drug-likeness (QED) is 0.761. The number of aliphatic hydroxyl groups is 1. The molecular weight excluding hydrogens is 244 g/mol. The van der Waals surface area contributed by atoms with Crippen LogP contribution in [0.15, 0.2) is 18.5 Å². The van der Waals surface area contributed by atoms with Gasteiger partial charge in [0, 0.05) is 32.0 Å². The Morgan fingerprint density at radius 1 is 1.63 bits per heavy atom. The van der Waals surface area contributed by atoms with E-state index in [4.69, 9.17) is 9.84 Å². The minimum Gasteiger partial charge on any atom is -0.395 e. The molecule has 19 heavy (non-hydrogen) atoms. The van der Waals surface area contributed by atoms with Crippen LogP contribution < -0.4 is 5.32 Å². The second-order valence-electron chi connectivity index (χ2n) is 4.03. The van der Waals surface area contributed by atoms with Crippen molar-refractivity contribution in [2.24, 2.45) is 0 Å². The number of aromatic nitrogens is 1. The molecule has 1 heterocycles. The van der Waals surface area contributed by atoms with Gasteiger partial charge in [0.2, 0.25) is 0 Å². The van der Waals surface area contributed by atoms with Gasteiger partial charge in [-0.15, -0.1) is 0 Å². The maximum atomic E-state index is 12.1. The van der Waals surface area contributed by atoms with E-state index in [1.807, 2.05) is 6.92 Å². The molecule has 1 rings (SSSR count). The van der Waals surface area contributed by atoms with Crippen molar-refractivity contribution in [3.63, 3.8) is 0 Å². The molecule has 0 saturated carbocycles. The molecule has 0 aliphatic rings. The molecule has 0 radical (unpaired) electrons. The van der Waals surface area contributed by atoms with Crippen LogP contribution in [0.5, 0.6) is 0 Å². The number of carbonyl (C=O) groups excluding carboxylic acids is 1. The fourth-order valence-electron chi connectivity index (χ4n) is 1.50. The highest BCUT2D eigenvalue weighted by atomic mass is 16.5. The number of hydrogen-bond donors (Lipinski definition) is 2. The van der Waals surface area contributed by atoms with Gasteiger partial charge in [-0.1, -0.05) is 11.8 Å². The Kier molecular flexibility index (Phi) is 6.58. The number of amides is 1. The molecule has 102 valence electrons. The first-order chi connectivity index (χ1) is 9.19. The van der Waals surface area contributed by atoms with Crippen LogP contribution in [0, 0.1) is 11.8 Å². The molecule has 1 atom stereocenters. The van der Waals surface area contributed by atoms with Crippen molar-refractivity contribution in [1.29, 1.82) is 0 Å². The lowest BCUT2D eigenvalue weighted by Gasteiger charge is -2.13. The second-order valence-corrected chi connectivity index (χ2v) is 4.03. The van der Waals surface area contributed by atoms with Gasteiger partial charge in [-0.05, 0) is 13.0 Å². The number of carbonyl (C=O) groups is 1. The topological polar surface area (TPSA) is 71.5 Å². The molecule has 0 bridgehead atoms. The molecule has 0 fully saturated rings. The minimum atomic E-state index is -0.208. The van der Waals surface area contributed by atoms with Crippen molar-refractivity contribution in [2.45, 2.75) is 19.4 Å². The SMILES string of the molecule is COCC(C)NC(=O)c1ccncc1C#CCCO. The lowest BCUT2D eigenvalue weighted by Crippen LogP contribution is -2.36. The third-order valence-electron chi connectivity index (χ3n) is 2.32. The molecule has 0 saturated heterocycles. The largest absolute Gasteiger partial charge is 0.395 e. The molecule has 5 nitrogen and oxygen atoms in total. The first kappa shape index (κ1) is 15.2. The molecule has 1 unspecified atom stereocenters. The molecule has 2 N–H and O–H groups in total. The second kappa shape index (κ2) is 8.25. The summed E-state index contributed by atoms with van der Waals surface area (Å²) >= 11 is 0. The predicted molar refractivity (Wildman–Crippen MR) is 71.6 cm³/mol. The number of rotatable bonds is 5. The molecule has 1 aromatic heterocycles. The summed E-state index contributed by atoms with van der Waals surface area (Å²) < 4.78 is 4.97. The zero-order valence-electron chi connectivity index (χ0n) is 11.1. The van der Waals surface area contributed by atoms with E-state index in [2.05, 4.69) is 22.1 Å². The van der Waals surface area contributed by atoms with E-state index < -0.39 is 0 Å². The van der Waals surface area contributed by atoms with Gasteiger partial charge >= 0.3 is 0 Å². The highest BCUT2D eigenvalue weighted by Gasteiger charge is 2.12. The van der Waals surface area contributed by atoms with E-state index >= 15 is 0 Å². The zero-order valence-corrected chi connectivity index (χ0v) is 11.1. The number of aliphatic hydroxyl groups excluding tert-OH is 1. The molecule has 0 aliphatic carbocycles. The van der Waals surface area contributed by atoms with Crippen molar-refractivity contribution in [3.05, 3.63) is 29.6 Å². The molecule has 0 spiro atoms. The lowest BCUT2D eigenvalue weighted by molar-refractivity contribution is 0.0905. The number of methoxy groups -OCH3 is 1. The molecule has 1 amide bonds. The standard InChI is InChI=1S/C14H18N2O3/c1-11(10-19-2)16-14(18)13-6-7-15-9-12(13)5-3-4-8-17/h6-7,9,11,17H,4,8,10H2,1-2H3,(H,16,18). The van der Waals surface area contributed by atoms with Crippen LogP contribution in [0.25, 0.3) is 0 Å². The maximum absolute atomic E-state index is 12.1. The minimum absolute atomic E-state index is 0.000333. The molecular formula is C14H18N2O3. The molecule has 1 aromatic rings. The highest BCUT2D eigenvalue weighted by Crippen LogP contribution is 2.06. The van der Waals surface area contributed by atoms with E-state index in [-0.39, 0.29) is 18.6 Å². The Bertz CT molecular complexity index is 477. The van der Waals surface area contributed by atoms with Crippen LogP contribution in [0.2, 0.25) is 0 Å². The fraction of sp³-hybridized carbons (Fsp3) is 0.429. The van der Waals surface area contributed by atoms with Crippen molar-refractivity contribution in [1.82, 2.24) is 10.3 Å². The Labute approximate surface area is 113 Å². The van der Waals surface area contributed by atoms with Gasteiger partial charge in [0.1, 0.15) is 0 Å². The number of pyridine rings is 1. The number of nitrogens with one attached hydrogen (secondary N) is 1. The molecule has 0 aromatic carbocycles. The van der Waals surface area contributed by atoms with Gasteiger partial charge in [-0.25, -0.2) is 0 Å². The van der Waals surface area contributed by atoms with Gasteiger partial charge in [-0.2, -0.15) is 0 Å². The Morgan fingerprint density at radius 2 is 2.42 bits per heavy atom. The summed E-state index contributed by atoms with van der Waals surface area (Å²) in [4.78, 5) is 16.0. The number of nitrogens with zero attached hydrogens (tertiary/aromatic N) is 1. The van der Waals surface area contributed by atoms with Crippen LogP contribution in [0.3, 0.4) is 0 Å². The Hall–Kier alpha value is -1.90. The Balaban J connectivity index is 2.82. The smallest absolute Gasteiger partial charge is 0.252 e. The summed E-state index contributed by atoms with van der Waals surface area (Å²) in [5.41, 5.74) is 1.03. The van der Waals surface area contributed by atoms with E-state index in [0.717, 1.165) is 0 Å². The monoisotopic (exact) mass is 262 g/mol. The highest BCUT2D eigenvalue weighted by molar-refractivity contribution is 5.96. The van der Waals surface area contributed by atoms with Gasteiger partial charge < -0.3 is 15.2 Å². The van der Waals surface area contributed by atoms with E-state index in [1.54, 1.807) is 25.6 Å². The van der Waals surface area contributed by atoms with Gasteiger partial charge in [-0.3, -0.25) is 9.78 Å². The van der Waals surface area contributed by atoms with Crippen LogP contribution in [-0.2, 0) is 4.74 Å². The average molecular weight is 262 g/mol. The summed E-state index contributed by atoms with van der Waals surface area (Å²) in [6, 6.07) is 1.54. The molecule has 0 aliphatic heterocycles. The number of ether oxygens (including phenoxy) is 1. The van der Waals surface area contributed by atoms with Gasteiger partial charge in [0.25, 0.3) is 5.91 Å². The van der Waals surface area contributed by atoms with Crippen molar-refractivity contribution in [2.75, 3.05) is 20.3 Å². The van der Waals surface area contributed by atoms with E-state index in [9.17, 15) is 4.79 Å². The van der Waals surface area contributed by atoms with Crippen molar-refractivity contribution in [3.8, 4) is 11.8 Å². The van der Waals surface area contributed by atoms with E-state index in [1.165, 1.54) is 0 Å². The van der Waals surface area contributed by atoms with Crippen LogP contribution in [-0.4, -0.2) is 42.4 Å². The fourth-order valence-corrected chi connectivity index (χ4v) is 1.50. The summed E-state index contributed by atoms with van der Waals surface area (Å²) in [6.07, 6.45) is 3.46. The van der Waals surface area contributed by atoms with E-state index in [0.29, 0.717) is 24.2 Å². The van der Waals surface area contributed by atoms with Crippen molar-refractivity contribution >= 4 is 5.91 Å². The summed E-state index contributed by atoms with van der Waals surface area (Å²) in [5, 5.41) is 11.5.